The Labute approximate surface area is 206 Å². The normalized spacial score (nSPS) is 27.4. The van der Waals surface area contributed by atoms with Gasteiger partial charge < -0.3 is 36.4 Å². The molecule has 0 spiro atoms. The molecule has 0 aliphatic heterocycles. The quantitative estimate of drug-likeness (QED) is 0.178. The molecule has 7 N–H and O–H groups in total. The summed E-state index contributed by atoms with van der Waals surface area (Å²) in [4.78, 5) is 53.3. The zero-order chi connectivity index (χ0) is 26.9. The summed E-state index contributed by atoms with van der Waals surface area (Å²) in [6.45, 7) is 0. The van der Waals surface area contributed by atoms with Crippen LogP contribution in [-0.4, -0.2) is 89.0 Å². The van der Waals surface area contributed by atoms with E-state index in [1.807, 2.05) is 0 Å². The summed E-state index contributed by atoms with van der Waals surface area (Å²) in [5, 5.41) is 46.9. The number of rotatable bonds is 5. The second-order valence-electron chi connectivity index (χ2n) is 9.77. The lowest BCUT2D eigenvalue weighted by Gasteiger charge is -2.50. The van der Waals surface area contributed by atoms with E-state index in [-0.39, 0.29) is 29.7 Å². The van der Waals surface area contributed by atoms with Crippen molar-refractivity contribution in [1.82, 2.24) is 4.90 Å². The molecule has 4 atom stereocenters. The highest BCUT2D eigenvalue weighted by Gasteiger charge is 2.63. The van der Waals surface area contributed by atoms with Crippen molar-refractivity contribution in [3.8, 4) is 5.75 Å². The number of ketones is 2. The zero-order valence-corrected chi connectivity index (χ0v) is 20.2. The van der Waals surface area contributed by atoms with E-state index in [4.69, 9.17) is 5.73 Å². The monoisotopic (exact) mass is 500 g/mol. The van der Waals surface area contributed by atoms with E-state index in [0.29, 0.717) is 17.7 Å². The Kier molecular flexibility index (Phi) is 5.84. The third kappa shape index (κ3) is 3.21. The molecule has 0 heterocycles. The van der Waals surface area contributed by atoms with Gasteiger partial charge in [0.25, 0.3) is 5.91 Å². The summed E-state index contributed by atoms with van der Waals surface area (Å²) in [5.74, 6) is -7.27. The molecular formula is C24H28N4O8. The van der Waals surface area contributed by atoms with E-state index in [0.717, 1.165) is 0 Å². The highest BCUT2D eigenvalue weighted by molar-refractivity contribution is 6.25. The minimum absolute atomic E-state index is 0.00622. The third-order valence-corrected chi connectivity index (χ3v) is 7.40. The predicted molar refractivity (Wildman–Crippen MR) is 128 cm³/mol. The maximum Gasteiger partial charge on any atom is 0.255 e. The molecule has 12 nitrogen and oxygen atoms in total. The molecule has 0 radical (unpaired) electrons. The van der Waals surface area contributed by atoms with Crippen LogP contribution in [0, 0.1) is 11.8 Å². The van der Waals surface area contributed by atoms with Gasteiger partial charge in [-0.1, -0.05) is 0 Å². The van der Waals surface area contributed by atoms with Gasteiger partial charge in [0.05, 0.1) is 17.3 Å². The van der Waals surface area contributed by atoms with Crippen LogP contribution in [0.1, 0.15) is 22.3 Å². The van der Waals surface area contributed by atoms with Gasteiger partial charge in [0.1, 0.15) is 17.1 Å². The molecule has 1 aromatic rings. The number of carbonyl (C=O) groups is 4. The highest BCUT2D eigenvalue weighted by Crippen LogP contribution is 2.53. The molecule has 0 saturated heterocycles. The highest BCUT2D eigenvalue weighted by atomic mass is 16.3. The molecule has 2 unspecified atom stereocenters. The molecule has 1 aromatic carbocycles. The van der Waals surface area contributed by atoms with Crippen LogP contribution in [0.5, 0.6) is 5.75 Å². The Morgan fingerprint density at radius 2 is 1.83 bits per heavy atom. The number of phenolic OH excluding ortho intramolecular Hbond substituents is 1. The molecule has 3 aliphatic carbocycles. The van der Waals surface area contributed by atoms with E-state index in [1.54, 1.807) is 33.1 Å². The van der Waals surface area contributed by atoms with Gasteiger partial charge in [0.2, 0.25) is 12.2 Å². The number of hydrogen-bond acceptors (Lipinski definition) is 10. The Balaban J connectivity index is 1.99. The number of phenols is 1. The lowest BCUT2D eigenvalue weighted by atomic mass is 9.58. The lowest BCUT2D eigenvalue weighted by Crippen LogP contribution is -2.63. The fourth-order valence-electron chi connectivity index (χ4n) is 5.87. The largest absolute Gasteiger partial charge is 0.510 e. The summed E-state index contributed by atoms with van der Waals surface area (Å²) >= 11 is 0. The van der Waals surface area contributed by atoms with Gasteiger partial charge in [-0.15, -0.1) is 0 Å². The van der Waals surface area contributed by atoms with Crippen LogP contribution in [0.3, 0.4) is 0 Å². The number of hydrogen-bond donors (Lipinski definition) is 6. The molecule has 36 heavy (non-hydrogen) atoms. The van der Waals surface area contributed by atoms with Gasteiger partial charge in [0, 0.05) is 31.3 Å². The van der Waals surface area contributed by atoms with Gasteiger partial charge >= 0.3 is 0 Å². The third-order valence-electron chi connectivity index (χ3n) is 7.40. The molecule has 4 rings (SSSR count). The summed E-state index contributed by atoms with van der Waals surface area (Å²) in [5.41, 5.74) is 2.29. The average Bonchev–Trinajstić information content (AvgIpc) is 2.77. The fraction of sp³-hybridized carbons (Fsp3) is 0.417. The molecule has 2 amide bonds. The number of nitrogens with two attached hydrogens (primary N) is 1. The van der Waals surface area contributed by atoms with E-state index < -0.39 is 63.8 Å². The maximum atomic E-state index is 13.7. The Hall–Kier alpha value is -3.90. The number of aliphatic hydroxyl groups excluding tert-OH is 2. The summed E-state index contributed by atoms with van der Waals surface area (Å²) in [6.07, 6.45) is 0.485. The Bertz CT molecular complexity index is 1280. The van der Waals surface area contributed by atoms with Crippen molar-refractivity contribution in [2.24, 2.45) is 17.6 Å². The van der Waals surface area contributed by atoms with E-state index in [1.165, 1.54) is 11.0 Å². The molecule has 0 aromatic heterocycles. The van der Waals surface area contributed by atoms with Gasteiger partial charge in [-0.05, 0) is 44.5 Å². The minimum Gasteiger partial charge on any atom is -0.510 e. The second-order valence-corrected chi connectivity index (χ2v) is 9.77. The topological polar surface area (TPSA) is 194 Å². The summed E-state index contributed by atoms with van der Waals surface area (Å²) in [6, 6.07) is 0.459. The number of anilines is 2. The fourth-order valence-corrected chi connectivity index (χ4v) is 5.87. The SMILES string of the molecule is CN(C)c1cc(NC=O)c(O)c2c1CC1CC3[C@H](N(C)C)C(O)=C(C(N)=O)C(=O)[C@@]3(O)C(O)=C1C2=O. The van der Waals surface area contributed by atoms with Crippen molar-refractivity contribution in [1.29, 1.82) is 0 Å². The van der Waals surface area contributed by atoms with Crippen molar-refractivity contribution in [2.45, 2.75) is 24.5 Å². The van der Waals surface area contributed by atoms with E-state index in [2.05, 4.69) is 5.32 Å². The molecule has 0 saturated carbocycles. The Morgan fingerprint density at radius 1 is 1.19 bits per heavy atom. The number of Topliss-reactive ketones (excluding diaryl/α,β-unsaturated/α-hetero) is 2. The number of carbonyl (C=O) groups excluding carboxylic acids is 4. The number of nitrogens with zero attached hydrogens (tertiary/aromatic N) is 2. The number of aliphatic hydroxyl groups is 3. The van der Waals surface area contributed by atoms with Gasteiger partial charge in [0.15, 0.2) is 17.1 Å². The van der Waals surface area contributed by atoms with Crippen LogP contribution >= 0.6 is 0 Å². The number of aromatic hydroxyl groups is 1. The first-order chi connectivity index (χ1) is 16.8. The summed E-state index contributed by atoms with van der Waals surface area (Å²) < 4.78 is 0. The van der Waals surface area contributed by atoms with Crippen LogP contribution < -0.4 is 16.0 Å². The molecule has 0 fully saturated rings. The van der Waals surface area contributed by atoms with Gasteiger partial charge in [-0.3, -0.25) is 24.1 Å². The Morgan fingerprint density at radius 3 is 2.36 bits per heavy atom. The van der Waals surface area contributed by atoms with Crippen LogP contribution in [-0.2, 0) is 20.8 Å². The van der Waals surface area contributed by atoms with Crippen LogP contribution in [0.15, 0.2) is 28.7 Å². The lowest BCUT2D eigenvalue weighted by molar-refractivity contribution is -0.148. The van der Waals surface area contributed by atoms with E-state index in [9.17, 15) is 39.6 Å². The van der Waals surface area contributed by atoms with Crippen molar-refractivity contribution >= 4 is 35.3 Å². The number of nitrogens with one attached hydrogen (secondary N) is 1. The van der Waals surface area contributed by atoms with Gasteiger partial charge in [-0.2, -0.15) is 0 Å². The first-order valence-electron chi connectivity index (χ1n) is 11.2. The van der Waals surface area contributed by atoms with Crippen molar-refractivity contribution < 1.29 is 39.6 Å². The maximum absolute atomic E-state index is 13.7. The zero-order valence-electron chi connectivity index (χ0n) is 20.2. The molecule has 192 valence electrons. The number of allylic oxidation sites excluding steroid dienone is 1. The van der Waals surface area contributed by atoms with E-state index >= 15 is 0 Å². The second kappa shape index (κ2) is 8.35. The first kappa shape index (κ1) is 25.2. The number of fused-ring (bicyclic) bond motifs is 3. The minimum atomic E-state index is -2.71. The number of amides is 2. The predicted octanol–water partition coefficient (Wildman–Crippen LogP) is -0.245. The summed E-state index contributed by atoms with van der Waals surface area (Å²) in [7, 11) is 6.58. The standard InChI is InChI=1S/C24H28N4O8/c1-27(2)13-7-12(26-8-29)18(30)15-10(13)5-9-6-11-17(28(3)4)20(32)16(23(25)35)22(34)24(11,36)21(33)14(9)19(15)31/h7-9,11,17,30,32-33,36H,5-6H2,1-4H3,(H2,25,35)(H,26,29)/t9?,11?,17-,24-/m0/s1. The van der Waals surface area contributed by atoms with Gasteiger partial charge in [-0.25, -0.2) is 0 Å². The molecular weight excluding hydrogens is 472 g/mol. The molecule has 3 aliphatic rings. The first-order valence-corrected chi connectivity index (χ1v) is 11.2. The van der Waals surface area contributed by atoms with Crippen LogP contribution in [0.25, 0.3) is 0 Å². The van der Waals surface area contributed by atoms with Crippen molar-refractivity contribution in [2.75, 3.05) is 38.4 Å². The number of benzene rings is 1. The average molecular weight is 501 g/mol. The van der Waals surface area contributed by atoms with Crippen LogP contribution in [0.4, 0.5) is 11.4 Å². The number of likely N-dealkylation sites (N-methyl/N-ethyl adjacent to an activating group) is 1. The smallest absolute Gasteiger partial charge is 0.255 e. The number of primary amides is 1. The van der Waals surface area contributed by atoms with Crippen molar-refractivity contribution in [3.05, 3.63) is 39.9 Å². The molecule has 0 bridgehead atoms. The van der Waals surface area contributed by atoms with Crippen LogP contribution in [0.2, 0.25) is 0 Å². The van der Waals surface area contributed by atoms with Crippen molar-refractivity contribution in [3.63, 3.8) is 0 Å². The molecule has 12 heteroatoms.